The van der Waals surface area contributed by atoms with Gasteiger partial charge in [0.1, 0.15) is 0 Å². The van der Waals surface area contributed by atoms with E-state index in [0.29, 0.717) is 19.7 Å². The third kappa shape index (κ3) is 1.46. The summed E-state index contributed by atoms with van der Waals surface area (Å²) in [5, 5.41) is 13.8. The van der Waals surface area contributed by atoms with Crippen LogP contribution < -0.4 is 11.1 Å². The second-order valence-electron chi connectivity index (χ2n) is 4.60. The van der Waals surface area contributed by atoms with E-state index in [9.17, 15) is 5.11 Å². The van der Waals surface area contributed by atoms with Crippen LogP contribution in [0.4, 0.5) is 0 Å². The maximum absolute atomic E-state index is 10.6. The van der Waals surface area contributed by atoms with Crippen molar-refractivity contribution in [3.8, 4) is 0 Å². The molecule has 2 rings (SSSR count). The SMILES string of the molecule is NCC1(C2(O)CCCNC2)CCOC1. The molecule has 0 spiro atoms. The van der Waals surface area contributed by atoms with Crippen LogP contribution in [-0.2, 0) is 4.74 Å². The van der Waals surface area contributed by atoms with Crippen molar-refractivity contribution in [3.05, 3.63) is 0 Å². The highest BCUT2D eigenvalue weighted by atomic mass is 16.5. The van der Waals surface area contributed by atoms with E-state index < -0.39 is 5.60 Å². The van der Waals surface area contributed by atoms with Crippen LogP contribution in [0.2, 0.25) is 0 Å². The molecule has 4 heteroatoms. The molecule has 4 nitrogen and oxygen atoms in total. The smallest absolute Gasteiger partial charge is 0.0862 e. The van der Waals surface area contributed by atoms with Gasteiger partial charge in [0.2, 0.25) is 0 Å². The maximum Gasteiger partial charge on any atom is 0.0862 e. The van der Waals surface area contributed by atoms with Crippen LogP contribution in [0, 0.1) is 5.41 Å². The van der Waals surface area contributed by atoms with Crippen molar-refractivity contribution < 1.29 is 9.84 Å². The molecule has 82 valence electrons. The summed E-state index contributed by atoms with van der Waals surface area (Å²) in [5.41, 5.74) is 4.95. The number of hydrogen-bond acceptors (Lipinski definition) is 4. The molecule has 14 heavy (non-hydrogen) atoms. The lowest BCUT2D eigenvalue weighted by molar-refractivity contribution is -0.0964. The molecule has 2 atom stereocenters. The number of piperidine rings is 1. The Labute approximate surface area is 84.8 Å². The number of nitrogens with two attached hydrogens (primary N) is 1. The first-order chi connectivity index (χ1) is 6.72. The Hall–Kier alpha value is -0.160. The molecule has 2 heterocycles. The van der Waals surface area contributed by atoms with E-state index in [1.807, 2.05) is 0 Å². The highest BCUT2D eigenvalue weighted by molar-refractivity contribution is 5.04. The molecular formula is C10H20N2O2. The fourth-order valence-electron chi connectivity index (χ4n) is 2.67. The second-order valence-corrected chi connectivity index (χ2v) is 4.60. The second kappa shape index (κ2) is 3.77. The molecule has 2 aliphatic heterocycles. The van der Waals surface area contributed by atoms with E-state index in [0.717, 1.165) is 32.4 Å². The van der Waals surface area contributed by atoms with Gasteiger partial charge in [-0.25, -0.2) is 0 Å². The van der Waals surface area contributed by atoms with Crippen molar-refractivity contribution in [2.75, 3.05) is 32.8 Å². The van der Waals surface area contributed by atoms with Crippen molar-refractivity contribution in [3.63, 3.8) is 0 Å². The normalized spacial score (nSPS) is 44.1. The van der Waals surface area contributed by atoms with Crippen LogP contribution in [-0.4, -0.2) is 43.6 Å². The standard InChI is InChI=1S/C10H20N2O2/c11-6-9(3-5-14-8-9)10(13)2-1-4-12-7-10/h12-13H,1-8,11H2. The summed E-state index contributed by atoms with van der Waals surface area (Å²) < 4.78 is 5.40. The number of rotatable bonds is 2. The molecule has 0 saturated carbocycles. The number of ether oxygens (including phenoxy) is 1. The molecule has 2 fully saturated rings. The van der Waals surface area contributed by atoms with Gasteiger partial charge in [0.05, 0.1) is 12.2 Å². The molecular weight excluding hydrogens is 180 g/mol. The number of aliphatic hydroxyl groups is 1. The molecule has 4 N–H and O–H groups in total. The molecule has 0 aromatic rings. The fraction of sp³-hybridized carbons (Fsp3) is 1.00. The van der Waals surface area contributed by atoms with Crippen LogP contribution in [0.25, 0.3) is 0 Å². The quantitative estimate of drug-likeness (QED) is 0.560. The lowest BCUT2D eigenvalue weighted by Gasteiger charge is -2.46. The van der Waals surface area contributed by atoms with E-state index in [1.54, 1.807) is 0 Å². The van der Waals surface area contributed by atoms with Crippen LogP contribution in [0.1, 0.15) is 19.3 Å². The first-order valence-electron chi connectivity index (χ1n) is 5.43. The maximum atomic E-state index is 10.6. The van der Waals surface area contributed by atoms with Crippen molar-refractivity contribution in [2.24, 2.45) is 11.1 Å². The van der Waals surface area contributed by atoms with Gasteiger partial charge in [-0.05, 0) is 25.8 Å². The zero-order chi connectivity index (χ0) is 10.1. The highest BCUT2D eigenvalue weighted by Crippen LogP contribution is 2.42. The largest absolute Gasteiger partial charge is 0.388 e. The Morgan fingerprint density at radius 2 is 2.29 bits per heavy atom. The molecule has 0 aromatic heterocycles. The Kier molecular flexibility index (Phi) is 2.79. The Morgan fingerprint density at radius 3 is 2.79 bits per heavy atom. The van der Waals surface area contributed by atoms with E-state index in [2.05, 4.69) is 5.32 Å². The van der Waals surface area contributed by atoms with Gasteiger partial charge in [0.25, 0.3) is 0 Å². The summed E-state index contributed by atoms with van der Waals surface area (Å²) in [6, 6.07) is 0. The van der Waals surface area contributed by atoms with Gasteiger partial charge >= 0.3 is 0 Å². The van der Waals surface area contributed by atoms with Gasteiger partial charge in [0.15, 0.2) is 0 Å². The van der Waals surface area contributed by atoms with Crippen molar-refractivity contribution >= 4 is 0 Å². The Balaban J connectivity index is 2.15. The topological polar surface area (TPSA) is 67.5 Å². The molecule has 0 aromatic carbocycles. The summed E-state index contributed by atoms with van der Waals surface area (Å²) in [7, 11) is 0. The molecule has 2 aliphatic rings. The van der Waals surface area contributed by atoms with E-state index >= 15 is 0 Å². The minimum atomic E-state index is -0.656. The molecule has 0 radical (unpaired) electrons. The minimum Gasteiger partial charge on any atom is -0.388 e. The van der Waals surface area contributed by atoms with Crippen molar-refractivity contribution in [1.29, 1.82) is 0 Å². The first kappa shape index (κ1) is 10.4. The summed E-state index contributed by atoms with van der Waals surface area (Å²) >= 11 is 0. The van der Waals surface area contributed by atoms with Crippen LogP contribution >= 0.6 is 0 Å². The molecule has 0 amide bonds. The molecule has 2 unspecified atom stereocenters. The lowest BCUT2D eigenvalue weighted by atomic mass is 9.68. The fourth-order valence-corrected chi connectivity index (χ4v) is 2.67. The van der Waals surface area contributed by atoms with Gasteiger partial charge in [-0.1, -0.05) is 0 Å². The third-order valence-corrected chi connectivity index (χ3v) is 3.84. The summed E-state index contributed by atoms with van der Waals surface area (Å²) in [5.74, 6) is 0. The van der Waals surface area contributed by atoms with Gasteiger partial charge < -0.3 is 20.9 Å². The van der Waals surface area contributed by atoms with Crippen LogP contribution in [0.3, 0.4) is 0 Å². The van der Waals surface area contributed by atoms with Crippen molar-refractivity contribution in [1.82, 2.24) is 5.32 Å². The van der Waals surface area contributed by atoms with Gasteiger partial charge in [-0.15, -0.1) is 0 Å². The van der Waals surface area contributed by atoms with Gasteiger partial charge in [-0.2, -0.15) is 0 Å². The number of β-amino-alcohol motifs (C(OH)–C–C–N with tert-alkyl or cyclic N) is 1. The lowest BCUT2D eigenvalue weighted by Crippen LogP contribution is -2.60. The van der Waals surface area contributed by atoms with E-state index in [1.165, 1.54) is 0 Å². The summed E-state index contributed by atoms with van der Waals surface area (Å²) in [6.45, 7) is 3.53. The number of hydrogen-bond donors (Lipinski definition) is 3. The summed E-state index contributed by atoms with van der Waals surface area (Å²) in [6.07, 6.45) is 2.76. The van der Waals surface area contributed by atoms with Crippen molar-refractivity contribution in [2.45, 2.75) is 24.9 Å². The first-order valence-corrected chi connectivity index (χ1v) is 5.43. The van der Waals surface area contributed by atoms with E-state index in [-0.39, 0.29) is 5.41 Å². The van der Waals surface area contributed by atoms with Gasteiger partial charge in [-0.3, -0.25) is 0 Å². The van der Waals surface area contributed by atoms with E-state index in [4.69, 9.17) is 10.5 Å². The zero-order valence-electron chi connectivity index (χ0n) is 8.59. The van der Waals surface area contributed by atoms with Crippen LogP contribution in [0.15, 0.2) is 0 Å². The number of nitrogens with one attached hydrogen (secondary N) is 1. The predicted molar refractivity (Wildman–Crippen MR) is 54.0 cm³/mol. The average molecular weight is 200 g/mol. The monoisotopic (exact) mass is 200 g/mol. The Morgan fingerprint density at radius 1 is 1.43 bits per heavy atom. The predicted octanol–water partition coefficient (Wildman–Crippen LogP) is -0.534. The van der Waals surface area contributed by atoms with Gasteiger partial charge in [0, 0.05) is 25.1 Å². The summed E-state index contributed by atoms with van der Waals surface area (Å²) in [4.78, 5) is 0. The zero-order valence-corrected chi connectivity index (χ0v) is 8.59. The molecule has 0 bridgehead atoms. The highest BCUT2D eigenvalue weighted by Gasteiger charge is 2.51. The third-order valence-electron chi connectivity index (χ3n) is 3.84. The molecule has 2 saturated heterocycles. The minimum absolute atomic E-state index is 0.208. The molecule has 0 aliphatic carbocycles. The Bertz CT molecular complexity index is 196. The van der Waals surface area contributed by atoms with Crippen LogP contribution in [0.5, 0.6) is 0 Å². The average Bonchev–Trinajstić information content (AvgIpc) is 2.68.